The minimum absolute atomic E-state index is 0.231. The van der Waals surface area contributed by atoms with Gasteiger partial charge in [-0.05, 0) is 24.3 Å². The van der Waals surface area contributed by atoms with Crippen LogP contribution in [0.3, 0.4) is 0 Å². The van der Waals surface area contributed by atoms with Crippen LogP contribution in [0.5, 0.6) is 0 Å². The molecule has 4 rings (SSSR count). The Morgan fingerprint density at radius 2 is 2.04 bits per heavy atom. The summed E-state index contributed by atoms with van der Waals surface area (Å²) in [5.74, 6) is -0.231. The molecule has 0 spiro atoms. The lowest BCUT2D eigenvalue weighted by Gasteiger charge is -2.05. The van der Waals surface area contributed by atoms with Crippen LogP contribution < -0.4 is 5.32 Å². The number of hydrogen-bond donors (Lipinski definition) is 1. The molecule has 7 nitrogen and oxygen atoms in total. The first-order valence-corrected chi connectivity index (χ1v) is 9.79. The van der Waals surface area contributed by atoms with Crippen molar-refractivity contribution in [1.29, 1.82) is 0 Å². The van der Waals surface area contributed by atoms with Crippen molar-refractivity contribution >= 4 is 34.7 Å². The Kier molecular flexibility index (Phi) is 4.78. The molecule has 1 aromatic carbocycles. The van der Waals surface area contributed by atoms with E-state index in [1.54, 1.807) is 34.2 Å². The molecule has 3 aromatic heterocycles. The van der Waals surface area contributed by atoms with E-state index in [2.05, 4.69) is 20.4 Å². The molecule has 4 aromatic rings. The fraction of sp³-hybridized carbons (Fsp3) is 0.111. The first kappa shape index (κ1) is 17.5. The van der Waals surface area contributed by atoms with Crippen LogP contribution in [0.4, 0.5) is 5.69 Å². The second-order valence-electron chi connectivity index (χ2n) is 5.84. The number of amides is 1. The Hall–Kier alpha value is -2.91. The van der Waals surface area contributed by atoms with Gasteiger partial charge < -0.3 is 9.88 Å². The Morgan fingerprint density at radius 1 is 1.22 bits per heavy atom. The van der Waals surface area contributed by atoms with Crippen molar-refractivity contribution in [3.05, 3.63) is 60.1 Å². The van der Waals surface area contributed by atoms with E-state index >= 15 is 0 Å². The molecule has 0 saturated heterocycles. The van der Waals surface area contributed by atoms with Crippen LogP contribution in [-0.4, -0.2) is 30.2 Å². The van der Waals surface area contributed by atoms with Crippen molar-refractivity contribution in [2.24, 2.45) is 14.1 Å². The average molecular weight is 397 g/mol. The fourth-order valence-corrected chi connectivity index (χ4v) is 3.98. The molecule has 0 bridgehead atoms. The van der Waals surface area contributed by atoms with Crippen molar-refractivity contribution in [2.75, 3.05) is 5.32 Å². The van der Waals surface area contributed by atoms with Crippen molar-refractivity contribution < 1.29 is 4.79 Å². The van der Waals surface area contributed by atoms with E-state index in [0.717, 1.165) is 26.3 Å². The molecule has 0 unspecified atom stereocenters. The summed E-state index contributed by atoms with van der Waals surface area (Å²) < 4.78 is 3.67. The van der Waals surface area contributed by atoms with Gasteiger partial charge in [0.1, 0.15) is 10.7 Å². The van der Waals surface area contributed by atoms with Gasteiger partial charge in [-0.15, -0.1) is 11.3 Å². The third-order valence-corrected chi connectivity index (χ3v) is 5.76. The van der Waals surface area contributed by atoms with Crippen molar-refractivity contribution in [3.8, 4) is 10.6 Å². The van der Waals surface area contributed by atoms with Gasteiger partial charge in [-0.3, -0.25) is 9.48 Å². The summed E-state index contributed by atoms with van der Waals surface area (Å²) in [4.78, 5) is 22.2. The molecule has 136 valence electrons. The van der Waals surface area contributed by atoms with Crippen LogP contribution in [0.1, 0.15) is 10.5 Å². The zero-order valence-electron chi connectivity index (χ0n) is 14.7. The van der Waals surface area contributed by atoms with Crippen molar-refractivity contribution in [1.82, 2.24) is 24.3 Å². The summed E-state index contributed by atoms with van der Waals surface area (Å²) >= 11 is 2.99. The van der Waals surface area contributed by atoms with Crippen LogP contribution in [-0.2, 0) is 14.1 Å². The van der Waals surface area contributed by atoms with Gasteiger partial charge in [0, 0.05) is 54.2 Å². The molecule has 3 heterocycles. The maximum atomic E-state index is 12.4. The van der Waals surface area contributed by atoms with Gasteiger partial charge in [0.2, 0.25) is 0 Å². The predicted molar refractivity (Wildman–Crippen MR) is 106 cm³/mol. The van der Waals surface area contributed by atoms with Crippen molar-refractivity contribution in [3.63, 3.8) is 0 Å². The molecule has 0 atom stereocenters. The Labute approximate surface area is 164 Å². The number of benzene rings is 1. The van der Waals surface area contributed by atoms with Gasteiger partial charge in [-0.1, -0.05) is 11.8 Å². The highest BCUT2D eigenvalue weighted by Crippen LogP contribution is 2.27. The van der Waals surface area contributed by atoms with Crippen LogP contribution in [0.25, 0.3) is 10.6 Å². The standard InChI is InChI=1S/C18H16N6OS2/c1-23-8-7-19-18(23)27-14-5-3-13(4-6-14)21-16(25)15-11-26-17(22-15)12-9-20-24(2)10-12/h3-11H,1-2H3,(H,21,25). The molecule has 0 fully saturated rings. The summed E-state index contributed by atoms with van der Waals surface area (Å²) in [5, 5.41) is 10.5. The van der Waals surface area contributed by atoms with E-state index in [4.69, 9.17) is 0 Å². The second-order valence-corrected chi connectivity index (χ2v) is 7.74. The zero-order valence-corrected chi connectivity index (χ0v) is 16.3. The number of imidazole rings is 1. The summed E-state index contributed by atoms with van der Waals surface area (Å²) in [6.07, 6.45) is 7.28. The molecule has 0 radical (unpaired) electrons. The summed E-state index contributed by atoms with van der Waals surface area (Å²) in [6, 6.07) is 7.66. The van der Waals surface area contributed by atoms with E-state index < -0.39 is 0 Å². The summed E-state index contributed by atoms with van der Waals surface area (Å²) in [7, 11) is 3.80. The first-order chi connectivity index (χ1) is 13.1. The maximum absolute atomic E-state index is 12.4. The van der Waals surface area contributed by atoms with E-state index in [0.29, 0.717) is 5.69 Å². The topological polar surface area (TPSA) is 77.6 Å². The molecule has 0 aliphatic heterocycles. The van der Waals surface area contributed by atoms with Crippen molar-refractivity contribution in [2.45, 2.75) is 10.1 Å². The van der Waals surface area contributed by atoms with Crippen LogP contribution in [0.2, 0.25) is 0 Å². The second kappa shape index (κ2) is 7.37. The average Bonchev–Trinajstić information content (AvgIpc) is 3.38. The van der Waals surface area contributed by atoms with Crippen LogP contribution >= 0.6 is 23.1 Å². The number of carbonyl (C=O) groups excluding carboxylic acids is 1. The smallest absolute Gasteiger partial charge is 0.275 e. The van der Waals surface area contributed by atoms with Crippen LogP contribution in [0.15, 0.2) is 64.5 Å². The number of hydrogen-bond acceptors (Lipinski definition) is 6. The molecule has 0 aliphatic rings. The lowest BCUT2D eigenvalue weighted by atomic mass is 10.3. The predicted octanol–water partition coefficient (Wildman–Crippen LogP) is 3.68. The number of nitrogens with zero attached hydrogens (tertiary/aromatic N) is 5. The van der Waals surface area contributed by atoms with E-state index in [-0.39, 0.29) is 5.91 Å². The maximum Gasteiger partial charge on any atom is 0.275 e. The van der Waals surface area contributed by atoms with E-state index in [1.807, 2.05) is 55.3 Å². The largest absolute Gasteiger partial charge is 0.329 e. The van der Waals surface area contributed by atoms with E-state index in [1.165, 1.54) is 11.3 Å². The molecule has 27 heavy (non-hydrogen) atoms. The Balaban J connectivity index is 1.42. The monoisotopic (exact) mass is 396 g/mol. The highest BCUT2D eigenvalue weighted by molar-refractivity contribution is 7.99. The normalized spacial score (nSPS) is 10.9. The molecular formula is C18H16N6OS2. The molecule has 9 heteroatoms. The number of anilines is 1. The molecule has 0 aliphatic carbocycles. The van der Waals surface area contributed by atoms with Gasteiger partial charge in [-0.25, -0.2) is 9.97 Å². The molecule has 1 N–H and O–H groups in total. The van der Waals surface area contributed by atoms with Gasteiger partial charge in [0.15, 0.2) is 5.16 Å². The number of nitrogens with one attached hydrogen (secondary N) is 1. The SMILES string of the molecule is Cn1cc(-c2nc(C(=O)Nc3ccc(Sc4nccn4C)cc3)cs2)cn1. The lowest BCUT2D eigenvalue weighted by Crippen LogP contribution is -2.12. The zero-order chi connectivity index (χ0) is 18.8. The highest BCUT2D eigenvalue weighted by atomic mass is 32.2. The quantitative estimate of drug-likeness (QED) is 0.557. The summed E-state index contributed by atoms with van der Waals surface area (Å²) in [5.41, 5.74) is 2.02. The first-order valence-electron chi connectivity index (χ1n) is 8.09. The third-order valence-electron chi connectivity index (χ3n) is 3.79. The molecular weight excluding hydrogens is 380 g/mol. The van der Waals surface area contributed by atoms with Gasteiger partial charge >= 0.3 is 0 Å². The fourth-order valence-electron chi connectivity index (χ4n) is 2.40. The molecule has 1 amide bonds. The minimum atomic E-state index is -0.231. The third kappa shape index (κ3) is 3.93. The number of rotatable bonds is 5. The lowest BCUT2D eigenvalue weighted by molar-refractivity contribution is 0.102. The van der Waals surface area contributed by atoms with Gasteiger partial charge in [-0.2, -0.15) is 5.10 Å². The number of aryl methyl sites for hydroxylation is 2. The molecule has 0 saturated carbocycles. The number of aromatic nitrogens is 5. The Morgan fingerprint density at radius 3 is 2.70 bits per heavy atom. The minimum Gasteiger partial charge on any atom is -0.329 e. The number of thiazole rings is 1. The Bertz CT molecular complexity index is 1080. The summed E-state index contributed by atoms with van der Waals surface area (Å²) in [6.45, 7) is 0. The number of carbonyl (C=O) groups is 1. The van der Waals surface area contributed by atoms with Gasteiger partial charge in [0.05, 0.1) is 6.20 Å². The highest BCUT2D eigenvalue weighted by Gasteiger charge is 2.13. The van der Waals surface area contributed by atoms with Crippen LogP contribution in [0, 0.1) is 0 Å². The van der Waals surface area contributed by atoms with Gasteiger partial charge in [0.25, 0.3) is 5.91 Å². The van der Waals surface area contributed by atoms with E-state index in [9.17, 15) is 4.79 Å².